The summed E-state index contributed by atoms with van der Waals surface area (Å²) < 4.78 is 0. The van der Waals surface area contributed by atoms with Gasteiger partial charge in [-0.15, -0.1) is 0 Å². The maximum absolute atomic E-state index is 10.6. The van der Waals surface area contributed by atoms with Crippen LogP contribution in [-0.4, -0.2) is 16.2 Å². The zero-order valence-corrected chi connectivity index (χ0v) is 8.40. The first-order valence-electron chi connectivity index (χ1n) is 4.60. The highest BCUT2D eigenvalue weighted by atomic mass is 16.4. The molecule has 5 nitrogen and oxygen atoms in total. The Bertz CT molecular complexity index is 366. The first-order chi connectivity index (χ1) is 7.10. The van der Waals surface area contributed by atoms with Gasteiger partial charge in [-0.1, -0.05) is 19.1 Å². The minimum Gasteiger partial charge on any atom is -0.479 e. The van der Waals surface area contributed by atoms with Crippen molar-refractivity contribution in [1.82, 2.24) is 0 Å². The third kappa shape index (κ3) is 2.45. The molecule has 0 fully saturated rings. The molecule has 15 heavy (non-hydrogen) atoms. The zero-order chi connectivity index (χ0) is 11.4. The molecule has 1 atom stereocenters. The number of aliphatic hydroxyl groups excluding tert-OH is 1. The van der Waals surface area contributed by atoms with Gasteiger partial charge in [0.1, 0.15) is 0 Å². The Balaban J connectivity index is 3.16. The SMILES string of the molecule is CCc1ccc(NN)c(C(O)C(=O)O)c1. The van der Waals surface area contributed by atoms with E-state index in [9.17, 15) is 9.90 Å². The topological polar surface area (TPSA) is 95.6 Å². The molecule has 0 aliphatic carbocycles. The lowest BCUT2D eigenvalue weighted by Crippen LogP contribution is -2.16. The molecule has 0 radical (unpaired) electrons. The van der Waals surface area contributed by atoms with E-state index >= 15 is 0 Å². The Kier molecular flexibility index (Phi) is 3.65. The van der Waals surface area contributed by atoms with Gasteiger partial charge in [0, 0.05) is 5.56 Å². The number of benzene rings is 1. The van der Waals surface area contributed by atoms with Crippen LogP contribution in [0.15, 0.2) is 18.2 Å². The zero-order valence-electron chi connectivity index (χ0n) is 8.40. The molecule has 82 valence electrons. The van der Waals surface area contributed by atoms with E-state index in [2.05, 4.69) is 5.43 Å². The van der Waals surface area contributed by atoms with Crippen LogP contribution in [0.2, 0.25) is 0 Å². The van der Waals surface area contributed by atoms with E-state index in [1.807, 2.05) is 13.0 Å². The molecule has 0 amide bonds. The largest absolute Gasteiger partial charge is 0.479 e. The van der Waals surface area contributed by atoms with Crippen molar-refractivity contribution < 1.29 is 15.0 Å². The number of carboxylic acid groups (broad SMARTS) is 1. The number of nitrogens with two attached hydrogens (primary N) is 1. The van der Waals surface area contributed by atoms with Crippen molar-refractivity contribution in [3.63, 3.8) is 0 Å². The standard InChI is InChI=1S/C10H14N2O3/c1-2-6-3-4-8(12-11)7(5-6)9(13)10(14)15/h3-5,9,12-13H,2,11H2,1H3,(H,14,15). The van der Waals surface area contributed by atoms with Crippen LogP contribution in [0.5, 0.6) is 0 Å². The van der Waals surface area contributed by atoms with Gasteiger partial charge in [0.15, 0.2) is 6.10 Å². The Morgan fingerprint density at radius 3 is 2.73 bits per heavy atom. The third-order valence-corrected chi connectivity index (χ3v) is 2.21. The van der Waals surface area contributed by atoms with Crippen molar-refractivity contribution in [2.75, 3.05) is 5.43 Å². The highest BCUT2D eigenvalue weighted by Crippen LogP contribution is 2.24. The minimum atomic E-state index is -1.55. The average Bonchev–Trinajstić information content (AvgIpc) is 2.27. The van der Waals surface area contributed by atoms with Gasteiger partial charge in [-0.2, -0.15) is 0 Å². The van der Waals surface area contributed by atoms with Crippen LogP contribution in [-0.2, 0) is 11.2 Å². The van der Waals surface area contributed by atoms with E-state index in [1.54, 1.807) is 12.1 Å². The molecule has 0 aliphatic rings. The Hall–Kier alpha value is -1.59. The van der Waals surface area contributed by atoms with Crippen LogP contribution >= 0.6 is 0 Å². The molecular weight excluding hydrogens is 196 g/mol. The minimum absolute atomic E-state index is 0.282. The second kappa shape index (κ2) is 4.77. The number of anilines is 1. The number of hydrazine groups is 1. The van der Waals surface area contributed by atoms with Gasteiger partial charge in [-0.25, -0.2) is 4.79 Å². The monoisotopic (exact) mass is 210 g/mol. The summed E-state index contributed by atoms with van der Waals surface area (Å²) in [5.41, 5.74) is 4.01. The third-order valence-electron chi connectivity index (χ3n) is 2.21. The van der Waals surface area contributed by atoms with Crippen molar-refractivity contribution in [3.05, 3.63) is 29.3 Å². The van der Waals surface area contributed by atoms with Crippen molar-refractivity contribution >= 4 is 11.7 Å². The summed E-state index contributed by atoms with van der Waals surface area (Å²) in [6.45, 7) is 1.95. The van der Waals surface area contributed by atoms with E-state index in [1.165, 1.54) is 0 Å². The van der Waals surface area contributed by atoms with Gasteiger partial charge in [0.2, 0.25) is 0 Å². The molecule has 0 heterocycles. The molecule has 5 N–H and O–H groups in total. The van der Waals surface area contributed by atoms with Gasteiger partial charge in [0.25, 0.3) is 0 Å². The van der Waals surface area contributed by atoms with E-state index < -0.39 is 12.1 Å². The number of nitrogens with one attached hydrogen (secondary N) is 1. The van der Waals surface area contributed by atoms with Gasteiger partial charge >= 0.3 is 5.97 Å². The highest BCUT2D eigenvalue weighted by molar-refractivity contribution is 5.77. The maximum Gasteiger partial charge on any atom is 0.337 e. The number of aryl methyl sites for hydroxylation is 1. The normalized spacial score (nSPS) is 12.2. The van der Waals surface area contributed by atoms with Gasteiger partial charge in [0.05, 0.1) is 5.69 Å². The maximum atomic E-state index is 10.6. The number of hydrogen-bond acceptors (Lipinski definition) is 4. The summed E-state index contributed by atoms with van der Waals surface area (Å²) >= 11 is 0. The molecule has 1 aromatic carbocycles. The second-order valence-corrected chi connectivity index (χ2v) is 3.16. The second-order valence-electron chi connectivity index (χ2n) is 3.16. The van der Waals surface area contributed by atoms with Crippen LogP contribution in [0.4, 0.5) is 5.69 Å². The van der Waals surface area contributed by atoms with Gasteiger partial charge < -0.3 is 15.6 Å². The lowest BCUT2D eigenvalue weighted by molar-refractivity contribution is -0.146. The Labute approximate surface area is 87.5 Å². The Morgan fingerprint density at radius 2 is 2.27 bits per heavy atom. The number of carbonyl (C=O) groups is 1. The molecule has 0 aliphatic heterocycles. The van der Waals surface area contributed by atoms with Crippen molar-refractivity contribution in [2.45, 2.75) is 19.4 Å². The molecule has 0 bridgehead atoms. The van der Waals surface area contributed by atoms with Crippen molar-refractivity contribution in [3.8, 4) is 0 Å². The van der Waals surface area contributed by atoms with Crippen LogP contribution in [0, 0.1) is 0 Å². The molecule has 0 saturated heterocycles. The molecule has 0 saturated carbocycles. The number of aliphatic carboxylic acids is 1. The lowest BCUT2D eigenvalue weighted by Gasteiger charge is -2.13. The summed E-state index contributed by atoms with van der Waals surface area (Å²) in [5.74, 6) is 3.93. The molecule has 1 aromatic rings. The van der Waals surface area contributed by atoms with Crippen LogP contribution in [0.25, 0.3) is 0 Å². The Morgan fingerprint density at radius 1 is 1.60 bits per heavy atom. The molecule has 5 heteroatoms. The van der Waals surface area contributed by atoms with Gasteiger partial charge in [-0.05, 0) is 18.1 Å². The fourth-order valence-corrected chi connectivity index (χ4v) is 1.32. The predicted octanol–water partition coefficient (Wildman–Crippen LogP) is 0.653. The summed E-state index contributed by atoms with van der Waals surface area (Å²) in [7, 11) is 0. The van der Waals surface area contributed by atoms with E-state index in [0.29, 0.717) is 5.69 Å². The smallest absolute Gasteiger partial charge is 0.337 e. The number of aliphatic hydroxyl groups is 1. The van der Waals surface area contributed by atoms with Gasteiger partial charge in [-0.3, -0.25) is 5.84 Å². The predicted molar refractivity (Wildman–Crippen MR) is 56.2 cm³/mol. The molecule has 1 unspecified atom stereocenters. The highest BCUT2D eigenvalue weighted by Gasteiger charge is 2.19. The lowest BCUT2D eigenvalue weighted by atomic mass is 10.0. The van der Waals surface area contributed by atoms with E-state index in [0.717, 1.165) is 12.0 Å². The summed E-state index contributed by atoms with van der Waals surface area (Å²) in [5, 5.41) is 18.1. The fourth-order valence-electron chi connectivity index (χ4n) is 1.32. The number of carboxylic acids is 1. The quantitative estimate of drug-likeness (QED) is 0.432. The van der Waals surface area contributed by atoms with E-state index in [4.69, 9.17) is 10.9 Å². The number of nitrogen functional groups attached to an aromatic ring is 1. The van der Waals surface area contributed by atoms with Crippen LogP contribution < -0.4 is 11.3 Å². The summed E-state index contributed by atoms with van der Waals surface area (Å²) in [4.78, 5) is 10.6. The summed E-state index contributed by atoms with van der Waals surface area (Å²) in [6, 6.07) is 5.11. The first kappa shape index (κ1) is 11.5. The summed E-state index contributed by atoms with van der Waals surface area (Å²) in [6.07, 6.45) is -0.785. The van der Waals surface area contributed by atoms with E-state index in [-0.39, 0.29) is 5.56 Å². The van der Waals surface area contributed by atoms with Crippen molar-refractivity contribution in [1.29, 1.82) is 0 Å². The molecule has 1 rings (SSSR count). The molecular formula is C10H14N2O3. The van der Waals surface area contributed by atoms with Crippen molar-refractivity contribution in [2.24, 2.45) is 5.84 Å². The molecule has 0 spiro atoms. The molecule has 0 aromatic heterocycles. The number of rotatable bonds is 4. The average molecular weight is 210 g/mol. The van der Waals surface area contributed by atoms with Crippen LogP contribution in [0.1, 0.15) is 24.2 Å². The van der Waals surface area contributed by atoms with Crippen LogP contribution in [0.3, 0.4) is 0 Å². The fraction of sp³-hybridized carbons (Fsp3) is 0.300. The number of hydrogen-bond donors (Lipinski definition) is 4. The first-order valence-corrected chi connectivity index (χ1v) is 4.60.